The number of hydrogen-bond acceptors (Lipinski definition) is 4. The van der Waals surface area contributed by atoms with Gasteiger partial charge in [-0.3, -0.25) is 4.79 Å². The average Bonchev–Trinajstić information content (AvgIpc) is 3.16. The van der Waals surface area contributed by atoms with Gasteiger partial charge in [-0.1, -0.05) is 66.7 Å². The summed E-state index contributed by atoms with van der Waals surface area (Å²) in [4.78, 5) is 16.2. The summed E-state index contributed by atoms with van der Waals surface area (Å²) in [6, 6.07) is 18.4. The minimum atomic E-state index is 0.00585. The molecule has 0 aliphatic carbocycles. The number of amides is 1. The van der Waals surface area contributed by atoms with Gasteiger partial charge in [-0.25, -0.2) is 0 Å². The smallest absolute Gasteiger partial charge is 0.227 e. The Morgan fingerprint density at radius 3 is 2.38 bits per heavy atom. The highest BCUT2D eigenvalue weighted by molar-refractivity contribution is 5.76. The van der Waals surface area contributed by atoms with Gasteiger partial charge in [-0.2, -0.15) is 4.98 Å². The van der Waals surface area contributed by atoms with Gasteiger partial charge in [-0.05, 0) is 24.5 Å². The molecule has 1 N–H and O–H groups in total. The fraction of sp³-hybridized carbons (Fsp3) is 0.286. The number of rotatable bonds is 7. The van der Waals surface area contributed by atoms with Gasteiger partial charge >= 0.3 is 0 Å². The molecule has 3 rings (SSSR count). The maximum Gasteiger partial charge on any atom is 0.227 e. The Kier molecular flexibility index (Phi) is 5.79. The first-order valence-electron chi connectivity index (χ1n) is 8.93. The largest absolute Gasteiger partial charge is 0.354 e. The molecule has 0 aliphatic rings. The minimum absolute atomic E-state index is 0.00585. The van der Waals surface area contributed by atoms with Crippen molar-refractivity contribution in [3.05, 3.63) is 60.5 Å². The predicted molar refractivity (Wildman–Crippen MR) is 101 cm³/mol. The van der Waals surface area contributed by atoms with E-state index in [1.165, 1.54) is 5.56 Å². The predicted octanol–water partition coefficient (Wildman–Crippen LogP) is 4.25. The number of aromatic nitrogens is 2. The number of carbonyl (C=O) groups excluding carboxylic acids is 1. The van der Waals surface area contributed by atoms with Crippen molar-refractivity contribution >= 4 is 5.91 Å². The van der Waals surface area contributed by atoms with Crippen molar-refractivity contribution in [3.8, 4) is 22.5 Å². The Bertz CT molecular complexity index is 841. The molecule has 26 heavy (non-hydrogen) atoms. The maximum atomic E-state index is 11.8. The Morgan fingerprint density at radius 1 is 1.04 bits per heavy atom. The third-order valence-electron chi connectivity index (χ3n) is 4.30. The molecule has 5 heteroatoms. The lowest BCUT2D eigenvalue weighted by Gasteiger charge is -2.10. The molecule has 1 aromatic heterocycles. The lowest BCUT2D eigenvalue weighted by atomic mass is 10.0. The van der Waals surface area contributed by atoms with Crippen molar-refractivity contribution in [2.24, 2.45) is 0 Å². The van der Waals surface area contributed by atoms with E-state index in [4.69, 9.17) is 4.52 Å². The first-order valence-corrected chi connectivity index (χ1v) is 8.93. The molecule has 0 radical (unpaired) electrons. The Balaban J connectivity index is 1.62. The van der Waals surface area contributed by atoms with Crippen LogP contribution in [0, 0.1) is 0 Å². The molecule has 1 heterocycles. The highest BCUT2D eigenvalue weighted by Crippen LogP contribution is 2.23. The zero-order valence-corrected chi connectivity index (χ0v) is 15.1. The summed E-state index contributed by atoms with van der Waals surface area (Å²) >= 11 is 0. The van der Waals surface area contributed by atoms with E-state index in [1.807, 2.05) is 56.3 Å². The van der Waals surface area contributed by atoms with Crippen molar-refractivity contribution < 1.29 is 9.32 Å². The average molecular weight is 349 g/mol. The number of benzene rings is 2. The van der Waals surface area contributed by atoms with E-state index in [1.54, 1.807) is 0 Å². The molecule has 0 saturated carbocycles. The quantitative estimate of drug-likeness (QED) is 0.692. The first kappa shape index (κ1) is 17.9. The molecular formula is C21H23N3O2. The van der Waals surface area contributed by atoms with Gasteiger partial charge < -0.3 is 9.84 Å². The number of hydrogen-bond donors (Lipinski definition) is 1. The van der Waals surface area contributed by atoms with Gasteiger partial charge in [0.1, 0.15) is 0 Å². The zero-order valence-electron chi connectivity index (χ0n) is 15.1. The summed E-state index contributed by atoms with van der Waals surface area (Å²) in [6.07, 6.45) is 1.70. The van der Waals surface area contributed by atoms with Crippen molar-refractivity contribution in [3.63, 3.8) is 0 Å². The Morgan fingerprint density at radius 2 is 1.69 bits per heavy atom. The number of nitrogens with zero attached hydrogens (tertiary/aromatic N) is 2. The first-order chi connectivity index (χ1) is 12.7. The maximum absolute atomic E-state index is 11.8. The fourth-order valence-electron chi connectivity index (χ4n) is 2.59. The summed E-state index contributed by atoms with van der Waals surface area (Å²) in [5.41, 5.74) is 3.20. The van der Waals surface area contributed by atoms with Crippen LogP contribution in [-0.4, -0.2) is 22.1 Å². The van der Waals surface area contributed by atoms with Crippen molar-refractivity contribution in [1.29, 1.82) is 0 Å². The summed E-state index contributed by atoms with van der Waals surface area (Å²) in [5.74, 6) is 1.03. The SMILES string of the molecule is CCC(C)NC(=O)CCc1nc(-c2ccc(-c3ccccc3)cc2)no1. The van der Waals surface area contributed by atoms with Gasteiger partial charge in [0.25, 0.3) is 0 Å². The fourth-order valence-corrected chi connectivity index (χ4v) is 2.59. The second kappa shape index (κ2) is 8.43. The van der Waals surface area contributed by atoms with Crippen LogP contribution >= 0.6 is 0 Å². The minimum Gasteiger partial charge on any atom is -0.354 e. The molecule has 0 fully saturated rings. The highest BCUT2D eigenvalue weighted by Gasteiger charge is 2.12. The molecule has 0 saturated heterocycles. The van der Waals surface area contributed by atoms with E-state index in [0.717, 1.165) is 17.5 Å². The summed E-state index contributed by atoms with van der Waals surface area (Å²) < 4.78 is 5.27. The van der Waals surface area contributed by atoms with Gasteiger partial charge in [-0.15, -0.1) is 0 Å². The van der Waals surface area contributed by atoms with Gasteiger partial charge in [0.15, 0.2) is 0 Å². The molecule has 134 valence electrons. The topological polar surface area (TPSA) is 68.0 Å². The molecule has 1 atom stereocenters. The third-order valence-corrected chi connectivity index (χ3v) is 4.30. The van der Waals surface area contributed by atoms with Crippen LogP contribution in [0.4, 0.5) is 0 Å². The van der Waals surface area contributed by atoms with Crippen LogP contribution in [0.2, 0.25) is 0 Å². The number of aryl methyl sites for hydroxylation is 1. The Labute approximate surface area is 153 Å². The van der Waals surface area contributed by atoms with Crippen LogP contribution in [-0.2, 0) is 11.2 Å². The van der Waals surface area contributed by atoms with E-state index in [-0.39, 0.29) is 11.9 Å². The highest BCUT2D eigenvalue weighted by atomic mass is 16.5. The van der Waals surface area contributed by atoms with Crippen LogP contribution < -0.4 is 5.32 Å². The Hall–Kier alpha value is -2.95. The van der Waals surface area contributed by atoms with Gasteiger partial charge in [0.05, 0.1) is 0 Å². The van der Waals surface area contributed by atoms with Crippen molar-refractivity contribution in [2.75, 3.05) is 0 Å². The van der Waals surface area contributed by atoms with E-state index in [9.17, 15) is 4.79 Å². The molecular weight excluding hydrogens is 326 g/mol. The second-order valence-electron chi connectivity index (χ2n) is 6.33. The third kappa shape index (κ3) is 4.57. The lowest BCUT2D eigenvalue weighted by Crippen LogP contribution is -2.32. The van der Waals surface area contributed by atoms with Crippen LogP contribution in [0.15, 0.2) is 59.1 Å². The standard InChI is InChI=1S/C21H23N3O2/c1-3-15(2)22-19(25)13-14-20-23-21(24-26-20)18-11-9-17(10-12-18)16-7-5-4-6-8-16/h4-12,15H,3,13-14H2,1-2H3,(H,22,25). The molecule has 2 aromatic carbocycles. The van der Waals surface area contributed by atoms with Crippen LogP contribution in [0.5, 0.6) is 0 Å². The molecule has 1 unspecified atom stereocenters. The van der Waals surface area contributed by atoms with Crippen molar-refractivity contribution in [2.45, 2.75) is 39.2 Å². The van der Waals surface area contributed by atoms with Gasteiger partial charge in [0.2, 0.25) is 17.6 Å². The van der Waals surface area contributed by atoms with E-state index >= 15 is 0 Å². The normalized spacial score (nSPS) is 11.9. The van der Waals surface area contributed by atoms with E-state index in [2.05, 4.69) is 27.6 Å². The van der Waals surface area contributed by atoms with Crippen LogP contribution in [0.3, 0.4) is 0 Å². The van der Waals surface area contributed by atoms with Crippen LogP contribution in [0.25, 0.3) is 22.5 Å². The molecule has 0 spiro atoms. The summed E-state index contributed by atoms with van der Waals surface area (Å²) in [6.45, 7) is 4.03. The molecule has 0 bridgehead atoms. The zero-order chi connectivity index (χ0) is 18.4. The van der Waals surface area contributed by atoms with Crippen LogP contribution in [0.1, 0.15) is 32.6 Å². The van der Waals surface area contributed by atoms with Gasteiger partial charge in [0, 0.05) is 24.4 Å². The molecule has 5 nitrogen and oxygen atoms in total. The number of carbonyl (C=O) groups is 1. The molecule has 0 aliphatic heterocycles. The summed E-state index contributed by atoms with van der Waals surface area (Å²) in [5, 5.41) is 6.96. The van der Waals surface area contributed by atoms with E-state index < -0.39 is 0 Å². The summed E-state index contributed by atoms with van der Waals surface area (Å²) in [7, 11) is 0. The van der Waals surface area contributed by atoms with Crippen molar-refractivity contribution in [1.82, 2.24) is 15.5 Å². The monoisotopic (exact) mass is 349 g/mol. The second-order valence-corrected chi connectivity index (χ2v) is 6.33. The lowest BCUT2D eigenvalue weighted by molar-refractivity contribution is -0.121. The molecule has 1 amide bonds. The molecule has 3 aromatic rings. The number of nitrogens with one attached hydrogen (secondary N) is 1. The van der Waals surface area contributed by atoms with E-state index in [0.29, 0.717) is 24.6 Å².